The van der Waals surface area contributed by atoms with E-state index >= 15 is 0 Å². The Balaban J connectivity index is 0.753. The first kappa shape index (κ1) is 47.5. The molecule has 3 saturated heterocycles. The van der Waals surface area contributed by atoms with Crippen LogP contribution in [0.2, 0.25) is 0 Å². The smallest absolute Gasteiger partial charge is 0.246 e. The van der Waals surface area contributed by atoms with E-state index in [-0.39, 0.29) is 61.0 Å². The molecule has 9 rings (SSSR count). The van der Waals surface area contributed by atoms with Gasteiger partial charge in [0.1, 0.15) is 17.8 Å². The highest BCUT2D eigenvalue weighted by Crippen LogP contribution is 2.35. The first-order chi connectivity index (χ1) is 33.1. The summed E-state index contributed by atoms with van der Waals surface area (Å²) >= 11 is 1.58. The van der Waals surface area contributed by atoms with Gasteiger partial charge >= 0.3 is 0 Å². The summed E-state index contributed by atoms with van der Waals surface area (Å²) in [6.45, 7) is 12.6. The molecule has 7 heterocycles. The number of hydrogen-bond acceptors (Lipinski definition) is 15. The number of phenolic OH excluding ortho intramolecular Hbond substituents is 1. The Morgan fingerprint density at radius 3 is 2.30 bits per heavy atom. The van der Waals surface area contributed by atoms with Gasteiger partial charge in [-0.2, -0.15) is 5.10 Å². The molecule has 3 aliphatic rings. The van der Waals surface area contributed by atoms with E-state index in [9.17, 15) is 24.6 Å². The van der Waals surface area contributed by atoms with Gasteiger partial charge in [-0.05, 0) is 98.8 Å². The summed E-state index contributed by atoms with van der Waals surface area (Å²) in [7, 11) is 0. The lowest BCUT2D eigenvalue weighted by Gasteiger charge is -2.36. The highest BCUT2D eigenvalue weighted by atomic mass is 32.1. The van der Waals surface area contributed by atoms with Gasteiger partial charge in [0.25, 0.3) is 0 Å². The van der Waals surface area contributed by atoms with Gasteiger partial charge < -0.3 is 36.4 Å². The number of nitrogens with zero attached hydrogens (tertiary/aromatic N) is 10. The highest BCUT2D eigenvalue weighted by Gasteiger charge is 2.45. The lowest BCUT2D eigenvalue weighted by molar-refractivity contribution is -0.144. The standard InChI is InChI=1S/C50H61N13O5S/c1-29(31-10-12-33(13-11-31)44-30(2)54-28-69-44)55-47(67)40-22-36(64)26-62(40)48(68)45(50(3,4)5)56-42(66)27-60-18-14-32(15-19-60)34-24-52-49(53-25-34)61-20-16-35(17-21-61)63-39-23-38(37-8-6-7-9-41(37)65)57-58-43(39)46(51)59-63/h6-13,23-25,28-29,32,35-36,40,45,64-65H,14-22,26-27H2,1-5H3,(H2,51,59)(H,55,67)(H,56,66)/t29-,36+,40-,45+/m0/s1. The molecule has 3 amide bonds. The minimum Gasteiger partial charge on any atom is -0.507 e. The monoisotopic (exact) mass is 955 g/mol. The number of carbonyl (C=O) groups is 3. The third kappa shape index (κ3) is 10.3. The fourth-order valence-corrected chi connectivity index (χ4v) is 10.7. The van der Waals surface area contributed by atoms with E-state index in [0.717, 1.165) is 71.6 Å². The number of anilines is 2. The lowest BCUT2D eigenvalue weighted by atomic mass is 9.85. The van der Waals surface area contributed by atoms with Crippen LogP contribution in [0.3, 0.4) is 0 Å². The van der Waals surface area contributed by atoms with Gasteiger partial charge in [0.2, 0.25) is 23.7 Å². The molecule has 3 fully saturated rings. The van der Waals surface area contributed by atoms with Gasteiger partial charge in [-0.3, -0.25) is 24.0 Å². The van der Waals surface area contributed by atoms with Crippen LogP contribution < -0.4 is 21.3 Å². The Bertz CT molecular complexity index is 2790. The van der Waals surface area contributed by atoms with Crippen LogP contribution in [0, 0.1) is 12.3 Å². The van der Waals surface area contributed by atoms with Crippen molar-refractivity contribution in [2.45, 2.75) is 103 Å². The Morgan fingerprint density at radius 2 is 1.64 bits per heavy atom. The molecule has 2 aromatic carbocycles. The first-order valence-corrected chi connectivity index (χ1v) is 24.7. The van der Waals surface area contributed by atoms with Gasteiger partial charge in [-0.25, -0.2) is 15.0 Å². The molecule has 18 nitrogen and oxygen atoms in total. The van der Waals surface area contributed by atoms with Crippen molar-refractivity contribution in [3.05, 3.63) is 89.3 Å². The van der Waals surface area contributed by atoms with Gasteiger partial charge in [-0.1, -0.05) is 57.2 Å². The number of amides is 3. The van der Waals surface area contributed by atoms with E-state index in [1.54, 1.807) is 29.5 Å². The number of carbonyl (C=O) groups excluding carboxylic acids is 3. The molecule has 4 aromatic heterocycles. The number of aliphatic hydroxyl groups excluding tert-OH is 1. The van der Waals surface area contributed by atoms with E-state index in [0.29, 0.717) is 41.6 Å². The maximum atomic E-state index is 14.3. The molecule has 0 aliphatic carbocycles. The molecule has 0 bridgehead atoms. The maximum Gasteiger partial charge on any atom is 0.246 e. The number of hydrogen-bond donors (Lipinski definition) is 5. The molecule has 6 N–H and O–H groups in total. The molecule has 0 unspecified atom stereocenters. The minimum atomic E-state index is -0.909. The number of benzene rings is 2. The number of nitrogens with one attached hydrogen (secondary N) is 2. The van der Waals surface area contributed by atoms with E-state index in [4.69, 9.17) is 15.7 Å². The van der Waals surface area contributed by atoms with Crippen LogP contribution in [-0.4, -0.2) is 130 Å². The van der Waals surface area contributed by atoms with Crippen molar-refractivity contribution in [3.8, 4) is 27.4 Å². The predicted octanol–water partition coefficient (Wildman–Crippen LogP) is 5.39. The summed E-state index contributed by atoms with van der Waals surface area (Å²) in [5.41, 5.74) is 13.9. The molecule has 6 aromatic rings. The number of β-amino-alcohol motifs (C(OH)–C–C–N with tert-alkyl or cyclic N) is 1. The number of likely N-dealkylation sites (tertiary alicyclic amines) is 2. The number of aryl methyl sites for hydroxylation is 1. The topological polar surface area (TPSA) is 234 Å². The molecule has 3 aliphatic heterocycles. The molecule has 0 spiro atoms. The fraction of sp³-hybridized carbons (Fsp3) is 0.460. The molecular formula is C50H61N13O5S. The minimum absolute atomic E-state index is 0.00766. The average Bonchev–Trinajstić information content (AvgIpc) is 4.06. The van der Waals surface area contributed by atoms with Crippen molar-refractivity contribution in [2.75, 3.05) is 49.9 Å². The molecule has 0 saturated carbocycles. The quantitative estimate of drug-likeness (QED) is 0.104. The van der Waals surface area contributed by atoms with Crippen molar-refractivity contribution in [1.82, 2.24) is 55.4 Å². The summed E-state index contributed by atoms with van der Waals surface area (Å²) in [4.78, 5) is 62.5. The number of piperidine rings is 2. The number of thiazole rings is 1. The van der Waals surface area contributed by atoms with Crippen LogP contribution in [-0.2, 0) is 14.4 Å². The number of aromatic nitrogens is 7. The number of aliphatic hydroxyl groups is 1. The van der Waals surface area contributed by atoms with Crippen molar-refractivity contribution >= 4 is 51.9 Å². The Kier molecular flexibility index (Phi) is 13.6. The Labute approximate surface area is 405 Å². The van der Waals surface area contributed by atoms with Crippen molar-refractivity contribution in [3.63, 3.8) is 0 Å². The highest BCUT2D eigenvalue weighted by molar-refractivity contribution is 7.13. The Hall–Kier alpha value is -6.57. The fourth-order valence-electron chi connectivity index (χ4n) is 9.92. The summed E-state index contributed by atoms with van der Waals surface area (Å²) < 4.78 is 1.94. The van der Waals surface area contributed by atoms with Crippen LogP contribution in [0.15, 0.2) is 72.5 Å². The number of nitrogens with two attached hydrogens (primary N) is 1. The second-order valence-electron chi connectivity index (χ2n) is 19.8. The number of para-hydroxylation sites is 1. The van der Waals surface area contributed by atoms with Crippen LogP contribution in [0.5, 0.6) is 5.75 Å². The van der Waals surface area contributed by atoms with Crippen molar-refractivity contribution in [2.24, 2.45) is 5.41 Å². The number of phenols is 1. The summed E-state index contributed by atoms with van der Waals surface area (Å²) in [6, 6.07) is 14.9. The second-order valence-corrected chi connectivity index (χ2v) is 20.6. The Morgan fingerprint density at radius 1 is 0.928 bits per heavy atom. The van der Waals surface area contributed by atoms with Crippen LogP contribution >= 0.6 is 11.3 Å². The van der Waals surface area contributed by atoms with Crippen molar-refractivity contribution in [1.29, 1.82) is 0 Å². The largest absolute Gasteiger partial charge is 0.507 e. The number of nitrogen functional groups attached to an aromatic ring is 1. The van der Waals surface area contributed by atoms with Crippen LogP contribution in [0.25, 0.3) is 32.7 Å². The molecular weight excluding hydrogens is 895 g/mol. The zero-order valence-electron chi connectivity index (χ0n) is 39.7. The summed E-state index contributed by atoms with van der Waals surface area (Å²) in [6.07, 6.45) is 6.36. The maximum absolute atomic E-state index is 14.3. The van der Waals surface area contributed by atoms with Gasteiger partial charge in [0.15, 0.2) is 11.3 Å². The van der Waals surface area contributed by atoms with Crippen LogP contribution in [0.1, 0.15) is 94.6 Å². The molecule has 4 atom stereocenters. The molecule has 0 radical (unpaired) electrons. The van der Waals surface area contributed by atoms with E-state index in [2.05, 4.69) is 40.7 Å². The van der Waals surface area contributed by atoms with Gasteiger partial charge in [-0.15, -0.1) is 21.5 Å². The van der Waals surface area contributed by atoms with Gasteiger partial charge in [0.05, 0.1) is 52.0 Å². The third-order valence-electron chi connectivity index (χ3n) is 13.9. The predicted molar refractivity (Wildman–Crippen MR) is 264 cm³/mol. The van der Waals surface area contributed by atoms with E-state index in [1.165, 1.54) is 4.90 Å². The van der Waals surface area contributed by atoms with Crippen LogP contribution in [0.4, 0.5) is 11.8 Å². The van der Waals surface area contributed by atoms with Gasteiger partial charge in [0, 0.05) is 44.0 Å². The average molecular weight is 956 g/mol. The number of rotatable bonds is 12. The second kappa shape index (κ2) is 19.8. The van der Waals surface area contributed by atoms with Crippen molar-refractivity contribution < 1.29 is 24.6 Å². The zero-order valence-corrected chi connectivity index (χ0v) is 40.6. The molecule has 362 valence electrons. The van der Waals surface area contributed by atoms with E-state index in [1.807, 2.05) is 93.6 Å². The SMILES string of the molecule is Cc1ncsc1-c1ccc([C@H](C)NC(=O)[C@@H]2C[C@@H](O)CN2C(=O)[C@@H](NC(=O)CN2CCC(c3cnc(N4CCC(n5nc(N)c6nnc(-c7ccccc7O)cc65)CC4)nc3)CC2)C(C)(C)C)cc1. The summed E-state index contributed by atoms with van der Waals surface area (Å²) in [5.74, 6) is 0.383. The first-order valence-electron chi connectivity index (χ1n) is 23.8. The number of aromatic hydroxyl groups is 1. The zero-order chi connectivity index (χ0) is 48.6. The normalized spacial score (nSPS) is 19.4. The number of fused-ring (bicyclic) bond motifs is 1. The molecule has 19 heteroatoms. The third-order valence-corrected chi connectivity index (χ3v) is 14.9. The summed E-state index contributed by atoms with van der Waals surface area (Å²) in [5, 5.41) is 40.5. The molecule has 69 heavy (non-hydrogen) atoms. The van der Waals surface area contributed by atoms with E-state index < -0.39 is 23.6 Å². The lowest BCUT2D eigenvalue weighted by Crippen LogP contribution is -2.59.